The summed E-state index contributed by atoms with van der Waals surface area (Å²) in [5.74, 6) is 0.593. The van der Waals surface area contributed by atoms with Gasteiger partial charge in [-0.15, -0.1) is 0 Å². The fourth-order valence-corrected chi connectivity index (χ4v) is 3.46. The first-order valence-corrected chi connectivity index (χ1v) is 12.4. The van der Waals surface area contributed by atoms with Gasteiger partial charge >= 0.3 is 12.1 Å². The van der Waals surface area contributed by atoms with Gasteiger partial charge in [-0.05, 0) is 44.5 Å². The van der Waals surface area contributed by atoms with Crippen molar-refractivity contribution in [3.05, 3.63) is 89.4 Å². The average Bonchev–Trinajstić information content (AvgIpc) is 3.37. The van der Waals surface area contributed by atoms with Crippen molar-refractivity contribution in [1.29, 1.82) is 0 Å². The zero-order chi connectivity index (χ0) is 27.8. The quantitative estimate of drug-likeness (QED) is 0.259. The van der Waals surface area contributed by atoms with Crippen LogP contribution in [0.4, 0.5) is 4.79 Å². The van der Waals surface area contributed by atoms with Crippen LogP contribution in [0.3, 0.4) is 0 Å². The number of hydrogen-bond donors (Lipinski definition) is 1. The second kappa shape index (κ2) is 12.4. The van der Waals surface area contributed by atoms with Crippen LogP contribution in [-0.2, 0) is 27.3 Å². The lowest BCUT2D eigenvalue weighted by molar-refractivity contribution is -0.147. The van der Waals surface area contributed by atoms with Crippen molar-refractivity contribution in [1.82, 2.24) is 20.4 Å². The molecule has 0 aliphatic rings. The van der Waals surface area contributed by atoms with Crippen LogP contribution in [0, 0.1) is 0 Å². The first kappa shape index (κ1) is 27.6. The van der Waals surface area contributed by atoms with E-state index in [1.165, 1.54) is 6.20 Å². The van der Waals surface area contributed by atoms with E-state index < -0.39 is 23.7 Å². The third-order valence-corrected chi connectivity index (χ3v) is 5.28. The number of nitrogens with zero attached hydrogens (tertiary/aromatic N) is 3. The van der Waals surface area contributed by atoms with Crippen molar-refractivity contribution in [2.24, 2.45) is 0 Å². The minimum atomic E-state index is -1.12. The van der Waals surface area contributed by atoms with Crippen LogP contribution in [0.15, 0.2) is 77.4 Å². The number of benzene rings is 2. The van der Waals surface area contributed by atoms with Gasteiger partial charge in [0.15, 0.2) is 0 Å². The van der Waals surface area contributed by atoms with E-state index in [0.717, 1.165) is 5.56 Å². The van der Waals surface area contributed by atoms with Crippen LogP contribution in [0.25, 0.3) is 11.4 Å². The molecule has 0 spiro atoms. The Morgan fingerprint density at radius 1 is 1.05 bits per heavy atom. The Labute approximate surface area is 230 Å². The topological polar surface area (TPSA) is 126 Å². The summed E-state index contributed by atoms with van der Waals surface area (Å²) in [4.78, 5) is 33.9. The second-order valence-corrected chi connectivity index (χ2v) is 9.89. The number of halogens is 1. The largest absolute Gasteiger partial charge is 0.459 e. The number of alkyl carbamates (subject to hydrolysis) is 1. The van der Waals surface area contributed by atoms with E-state index in [9.17, 15) is 9.59 Å². The normalized spacial score (nSPS) is 11.9. The van der Waals surface area contributed by atoms with E-state index in [4.69, 9.17) is 30.3 Å². The number of nitrogens with one attached hydrogen (secondary N) is 1. The summed E-state index contributed by atoms with van der Waals surface area (Å²) in [6, 6.07) is 18.4. The molecule has 1 N–H and O–H groups in total. The molecule has 4 aromatic rings. The zero-order valence-corrected chi connectivity index (χ0v) is 22.3. The van der Waals surface area contributed by atoms with Crippen LogP contribution in [0.5, 0.6) is 11.6 Å². The molecular weight excluding hydrogens is 524 g/mol. The van der Waals surface area contributed by atoms with Crippen molar-refractivity contribution in [3.63, 3.8) is 0 Å². The Kier molecular flexibility index (Phi) is 8.77. The van der Waals surface area contributed by atoms with Crippen LogP contribution in [-0.4, -0.2) is 38.8 Å². The number of ether oxygens (including phenoxy) is 3. The first-order chi connectivity index (χ1) is 18.6. The Hall–Kier alpha value is -4.44. The summed E-state index contributed by atoms with van der Waals surface area (Å²) in [6.45, 7) is 5.21. The molecule has 2 aromatic heterocycles. The number of pyridine rings is 1. The summed E-state index contributed by atoms with van der Waals surface area (Å²) in [5.41, 5.74) is 0.659. The average molecular weight is 551 g/mol. The highest BCUT2D eigenvalue weighted by atomic mass is 35.5. The third-order valence-electron chi connectivity index (χ3n) is 5.06. The summed E-state index contributed by atoms with van der Waals surface area (Å²) >= 11 is 5.88. The fourth-order valence-electron chi connectivity index (χ4n) is 3.34. The maximum atomic E-state index is 12.9. The zero-order valence-electron chi connectivity index (χ0n) is 21.6. The molecule has 2 aromatic carbocycles. The Morgan fingerprint density at radius 3 is 2.56 bits per heavy atom. The van der Waals surface area contributed by atoms with Crippen molar-refractivity contribution in [2.45, 2.75) is 45.4 Å². The number of carbonyl (C=O) groups excluding carboxylic acids is 2. The van der Waals surface area contributed by atoms with E-state index in [1.54, 1.807) is 57.2 Å². The number of rotatable bonds is 9. The molecule has 10 nitrogen and oxygen atoms in total. The number of hydrogen-bond acceptors (Lipinski definition) is 9. The van der Waals surface area contributed by atoms with Crippen LogP contribution in [0.2, 0.25) is 5.02 Å². The van der Waals surface area contributed by atoms with Gasteiger partial charge in [0.25, 0.3) is 0 Å². The minimum Gasteiger partial charge on any atom is -0.459 e. The molecule has 1 atom stereocenters. The molecule has 2 heterocycles. The summed E-state index contributed by atoms with van der Waals surface area (Å²) in [5, 5.41) is 7.07. The molecular formula is C28H27ClN4O6. The molecule has 0 radical (unpaired) electrons. The van der Waals surface area contributed by atoms with Gasteiger partial charge in [-0.3, -0.25) is 0 Å². The number of amides is 1. The van der Waals surface area contributed by atoms with Crippen molar-refractivity contribution >= 4 is 23.7 Å². The summed E-state index contributed by atoms with van der Waals surface area (Å²) < 4.78 is 21.9. The van der Waals surface area contributed by atoms with Gasteiger partial charge < -0.3 is 24.1 Å². The Morgan fingerprint density at radius 2 is 1.85 bits per heavy atom. The minimum absolute atomic E-state index is 0.0382. The SMILES string of the molecule is CC(C)(C)OC(=O)N[C@@H](Cc1nc(-c2cccc(Oc3ccc(Cl)cn3)c2)no1)C(=O)OCc1ccccc1. The lowest BCUT2D eigenvalue weighted by Gasteiger charge is -2.22. The molecule has 0 aliphatic heterocycles. The smallest absolute Gasteiger partial charge is 0.408 e. The Balaban J connectivity index is 1.47. The van der Waals surface area contributed by atoms with Crippen LogP contribution < -0.4 is 10.1 Å². The van der Waals surface area contributed by atoms with Gasteiger partial charge in [0.2, 0.25) is 17.6 Å². The van der Waals surface area contributed by atoms with Crippen molar-refractivity contribution in [2.75, 3.05) is 0 Å². The van der Waals surface area contributed by atoms with E-state index in [0.29, 0.717) is 22.2 Å². The highest BCUT2D eigenvalue weighted by Gasteiger charge is 2.28. The highest BCUT2D eigenvalue weighted by Crippen LogP contribution is 2.26. The molecule has 39 heavy (non-hydrogen) atoms. The molecule has 11 heteroatoms. The Bertz CT molecular complexity index is 1400. The summed E-state index contributed by atoms with van der Waals surface area (Å²) in [6.07, 6.45) is 0.605. The van der Waals surface area contributed by atoms with Crippen LogP contribution >= 0.6 is 11.6 Å². The second-order valence-electron chi connectivity index (χ2n) is 9.45. The van der Waals surface area contributed by atoms with E-state index in [1.807, 2.05) is 30.3 Å². The molecule has 0 bridgehead atoms. The first-order valence-electron chi connectivity index (χ1n) is 12.1. The predicted octanol–water partition coefficient (Wildman–Crippen LogP) is 5.76. The van der Waals surface area contributed by atoms with E-state index in [-0.39, 0.29) is 24.7 Å². The van der Waals surface area contributed by atoms with Crippen molar-refractivity contribution < 1.29 is 28.3 Å². The molecule has 0 aliphatic carbocycles. The van der Waals surface area contributed by atoms with Gasteiger partial charge in [0.05, 0.1) is 11.4 Å². The number of esters is 1. The number of carbonyl (C=O) groups is 2. The molecule has 202 valence electrons. The molecule has 0 saturated heterocycles. The van der Waals surface area contributed by atoms with Gasteiger partial charge in [-0.2, -0.15) is 4.98 Å². The standard InChI is InChI=1S/C28H27ClN4O6/c1-28(2,3)38-27(35)31-22(26(34)36-17-18-8-5-4-6-9-18)15-24-32-25(33-39-24)19-10-7-11-21(14-19)37-23-13-12-20(29)16-30-23/h4-14,16,22H,15,17H2,1-3H3,(H,31,35)/t22-/m0/s1. The molecule has 0 unspecified atom stereocenters. The predicted molar refractivity (Wildman–Crippen MR) is 142 cm³/mol. The third kappa shape index (κ3) is 8.54. The van der Waals surface area contributed by atoms with E-state index in [2.05, 4.69) is 20.4 Å². The highest BCUT2D eigenvalue weighted by molar-refractivity contribution is 6.30. The molecule has 0 saturated carbocycles. The van der Waals surface area contributed by atoms with Crippen molar-refractivity contribution in [3.8, 4) is 23.0 Å². The fraction of sp³-hybridized carbons (Fsp3) is 0.250. The summed E-state index contributed by atoms with van der Waals surface area (Å²) in [7, 11) is 0. The molecule has 4 rings (SSSR count). The van der Waals surface area contributed by atoms with Gasteiger partial charge in [0.1, 0.15) is 24.0 Å². The van der Waals surface area contributed by atoms with Gasteiger partial charge in [-0.1, -0.05) is 59.2 Å². The van der Waals surface area contributed by atoms with Crippen LogP contribution in [0.1, 0.15) is 32.2 Å². The maximum absolute atomic E-state index is 12.9. The maximum Gasteiger partial charge on any atom is 0.408 e. The van der Waals surface area contributed by atoms with Gasteiger partial charge in [0, 0.05) is 17.8 Å². The molecule has 0 fully saturated rings. The van der Waals surface area contributed by atoms with Gasteiger partial charge in [-0.25, -0.2) is 14.6 Å². The lowest BCUT2D eigenvalue weighted by atomic mass is 10.2. The lowest BCUT2D eigenvalue weighted by Crippen LogP contribution is -2.45. The molecule has 1 amide bonds. The number of aromatic nitrogens is 3. The monoisotopic (exact) mass is 550 g/mol. The van der Waals surface area contributed by atoms with E-state index >= 15 is 0 Å².